The lowest BCUT2D eigenvalue weighted by Crippen LogP contribution is -2.13. The number of aromatic nitrogens is 1. The van der Waals surface area contributed by atoms with Gasteiger partial charge >= 0.3 is 0 Å². The molecule has 1 heterocycles. The summed E-state index contributed by atoms with van der Waals surface area (Å²) in [7, 11) is 0. The van der Waals surface area contributed by atoms with E-state index in [-0.39, 0.29) is 17.4 Å². The fourth-order valence-electron chi connectivity index (χ4n) is 2.22. The van der Waals surface area contributed by atoms with Gasteiger partial charge in [0.2, 0.25) is 0 Å². The number of ketones is 1. The first kappa shape index (κ1) is 17.3. The zero-order valence-electron chi connectivity index (χ0n) is 13.1. The average molecular weight is 368 g/mol. The van der Waals surface area contributed by atoms with Crippen LogP contribution in [0.3, 0.4) is 0 Å². The number of nitrogens with zero attached hydrogens (tertiary/aromatic N) is 2. The molecule has 25 heavy (non-hydrogen) atoms. The molecule has 0 N–H and O–H groups in total. The maximum Gasteiger partial charge on any atom is 0.167 e. The third-order valence-corrected chi connectivity index (χ3v) is 5.48. The van der Waals surface area contributed by atoms with Crippen LogP contribution in [-0.2, 0) is 4.79 Å². The Morgan fingerprint density at radius 3 is 2.64 bits per heavy atom. The number of rotatable bonds is 6. The third kappa shape index (κ3) is 4.13. The molecule has 0 amide bonds. The van der Waals surface area contributed by atoms with Crippen LogP contribution in [0.5, 0.6) is 0 Å². The molecule has 0 aliphatic rings. The molecule has 0 bridgehead atoms. The average Bonchev–Trinajstić information content (AvgIpc) is 3.12. The third-order valence-electron chi connectivity index (χ3n) is 3.50. The van der Waals surface area contributed by atoms with E-state index in [9.17, 15) is 14.4 Å². The number of benzene rings is 2. The van der Waals surface area contributed by atoms with Crippen LogP contribution in [0, 0.1) is 17.1 Å². The summed E-state index contributed by atoms with van der Waals surface area (Å²) in [6.45, 7) is 0. The number of nitriles is 1. The van der Waals surface area contributed by atoms with Crippen molar-refractivity contribution in [1.82, 2.24) is 4.98 Å². The first-order valence-electron chi connectivity index (χ1n) is 7.49. The van der Waals surface area contributed by atoms with Crippen molar-refractivity contribution in [3.8, 4) is 17.3 Å². The van der Waals surface area contributed by atoms with Crippen molar-refractivity contribution in [2.24, 2.45) is 0 Å². The molecule has 1 atom stereocenters. The Bertz CT molecular complexity index is 918. The largest absolute Gasteiger partial charge is 0.297 e. The Kier molecular flexibility index (Phi) is 5.59. The fraction of sp³-hybridized carbons (Fsp3) is 0.105. The first-order chi connectivity index (χ1) is 12.2. The van der Waals surface area contributed by atoms with Gasteiger partial charge in [0.25, 0.3) is 0 Å². The van der Waals surface area contributed by atoms with E-state index < -0.39 is 5.92 Å². The molecule has 6 heteroatoms. The van der Waals surface area contributed by atoms with Gasteiger partial charge in [-0.3, -0.25) is 4.79 Å². The van der Waals surface area contributed by atoms with E-state index in [1.54, 1.807) is 18.2 Å². The van der Waals surface area contributed by atoms with Crippen molar-refractivity contribution in [3.63, 3.8) is 0 Å². The molecule has 3 rings (SSSR count). The second-order valence-corrected chi connectivity index (χ2v) is 7.09. The molecule has 3 aromatic rings. The highest BCUT2D eigenvalue weighted by Gasteiger charge is 2.24. The summed E-state index contributed by atoms with van der Waals surface area (Å²) in [6, 6.07) is 17.9. The van der Waals surface area contributed by atoms with Crippen molar-refractivity contribution >= 4 is 28.9 Å². The molecule has 0 spiro atoms. The molecule has 0 saturated carbocycles. The molecule has 0 aliphatic carbocycles. The maximum absolute atomic E-state index is 13.6. The summed E-state index contributed by atoms with van der Waals surface area (Å²) in [4.78, 5) is 17.2. The van der Waals surface area contributed by atoms with Crippen LogP contribution in [0.1, 0.15) is 10.9 Å². The maximum atomic E-state index is 13.6. The minimum absolute atomic E-state index is 0.0272. The molecule has 1 aromatic heterocycles. The zero-order chi connectivity index (χ0) is 17.6. The Labute approximate surface area is 153 Å². The van der Waals surface area contributed by atoms with E-state index in [1.165, 1.54) is 17.4 Å². The molecule has 0 unspecified atom stereocenters. The second-order valence-electron chi connectivity index (χ2n) is 5.18. The number of thioether (sulfide) groups is 1. The standard InChI is InChI=1S/C19H13FN2OS2/c20-15-8-4-5-9-18(15)24-12-17(23)14(10-21)19-22-16(11-25-19)13-6-2-1-3-7-13/h1-9,11,14H,12H2/t14-/m0/s1. The molecular weight excluding hydrogens is 355 g/mol. The predicted octanol–water partition coefficient (Wildman–Crippen LogP) is 4.92. The van der Waals surface area contributed by atoms with Crippen molar-refractivity contribution in [3.05, 3.63) is 70.8 Å². The minimum Gasteiger partial charge on any atom is -0.297 e. The monoisotopic (exact) mass is 368 g/mol. The van der Waals surface area contributed by atoms with Crippen molar-refractivity contribution < 1.29 is 9.18 Å². The number of halogens is 1. The van der Waals surface area contributed by atoms with E-state index >= 15 is 0 Å². The molecular formula is C19H13FN2OS2. The number of Topliss-reactive ketones (excluding diaryl/α,β-unsaturated/α-hetero) is 1. The van der Waals surface area contributed by atoms with E-state index in [0.717, 1.165) is 23.0 Å². The van der Waals surface area contributed by atoms with Crippen LogP contribution in [0.15, 0.2) is 64.9 Å². The van der Waals surface area contributed by atoms with Crippen molar-refractivity contribution in [2.45, 2.75) is 10.8 Å². The van der Waals surface area contributed by atoms with Crippen LogP contribution < -0.4 is 0 Å². The number of carbonyl (C=O) groups excluding carboxylic acids is 1. The molecule has 0 radical (unpaired) electrons. The Morgan fingerprint density at radius 1 is 1.20 bits per heavy atom. The quantitative estimate of drug-likeness (QED) is 0.580. The van der Waals surface area contributed by atoms with Crippen molar-refractivity contribution in [2.75, 3.05) is 5.75 Å². The lowest BCUT2D eigenvalue weighted by molar-refractivity contribution is -0.116. The summed E-state index contributed by atoms with van der Waals surface area (Å²) in [5.41, 5.74) is 1.69. The highest BCUT2D eigenvalue weighted by Crippen LogP contribution is 2.29. The molecule has 0 aliphatic heterocycles. The first-order valence-corrected chi connectivity index (χ1v) is 9.36. The summed E-state index contributed by atoms with van der Waals surface area (Å²) >= 11 is 2.39. The normalized spacial score (nSPS) is 11.7. The lowest BCUT2D eigenvalue weighted by atomic mass is 10.1. The van der Waals surface area contributed by atoms with E-state index in [1.807, 2.05) is 41.8 Å². The lowest BCUT2D eigenvalue weighted by Gasteiger charge is -2.06. The van der Waals surface area contributed by atoms with Gasteiger partial charge in [-0.15, -0.1) is 23.1 Å². The zero-order valence-corrected chi connectivity index (χ0v) is 14.7. The number of carbonyl (C=O) groups is 1. The Balaban J connectivity index is 1.72. The van der Waals surface area contributed by atoms with Gasteiger partial charge in [-0.1, -0.05) is 42.5 Å². The van der Waals surface area contributed by atoms with Gasteiger partial charge in [-0.25, -0.2) is 9.37 Å². The Hall–Kier alpha value is -2.49. The smallest absolute Gasteiger partial charge is 0.167 e. The predicted molar refractivity (Wildman–Crippen MR) is 98.0 cm³/mol. The fourth-order valence-corrected chi connectivity index (χ4v) is 3.96. The number of thiazole rings is 1. The minimum atomic E-state index is -0.929. The van der Waals surface area contributed by atoms with Crippen LogP contribution in [-0.4, -0.2) is 16.5 Å². The summed E-state index contributed by atoms with van der Waals surface area (Å²) in [6.07, 6.45) is 0. The van der Waals surface area contributed by atoms with E-state index in [0.29, 0.717) is 9.90 Å². The number of hydrogen-bond acceptors (Lipinski definition) is 5. The molecule has 2 aromatic carbocycles. The highest BCUT2D eigenvalue weighted by atomic mass is 32.2. The van der Waals surface area contributed by atoms with Gasteiger partial charge in [0, 0.05) is 15.8 Å². The van der Waals surface area contributed by atoms with Crippen LogP contribution in [0.2, 0.25) is 0 Å². The SMILES string of the molecule is N#C[C@@H](C(=O)CSc1ccccc1F)c1nc(-c2ccccc2)cs1. The molecule has 0 saturated heterocycles. The van der Waals surface area contributed by atoms with Gasteiger partial charge < -0.3 is 0 Å². The van der Waals surface area contributed by atoms with Gasteiger partial charge in [0.15, 0.2) is 11.7 Å². The molecule has 124 valence electrons. The van der Waals surface area contributed by atoms with Crippen LogP contribution in [0.4, 0.5) is 4.39 Å². The van der Waals surface area contributed by atoms with E-state index in [4.69, 9.17) is 0 Å². The van der Waals surface area contributed by atoms with Gasteiger partial charge in [-0.05, 0) is 12.1 Å². The van der Waals surface area contributed by atoms with Gasteiger partial charge in [0.1, 0.15) is 10.8 Å². The summed E-state index contributed by atoms with van der Waals surface area (Å²) in [5, 5.41) is 11.7. The van der Waals surface area contributed by atoms with Gasteiger partial charge in [-0.2, -0.15) is 5.26 Å². The summed E-state index contributed by atoms with van der Waals surface area (Å²) in [5.74, 6) is -1.54. The summed E-state index contributed by atoms with van der Waals surface area (Å²) < 4.78 is 13.6. The van der Waals surface area contributed by atoms with Crippen molar-refractivity contribution in [1.29, 1.82) is 5.26 Å². The van der Waals surface area contributed by atoms with Crippen LogP contribution in [0.25, 0.3) is 11.3 Å². The van der Waals surface area contributed by atoms with E-state index in [2.05, 4.69) is 4.98 Å². The Morgan fingerprint density at radius 2 is 1.92 bits per heavy atom. The second kappa shape index (κ2) is 8.06. The van der Waals surface area contributed by atoms with Gasteiger partial charge in [0.05, 0.1) is 17.5 Å². The highest BCUT2D eigenvalue weighted by molar-refractivity contribution is 8.00. The number of hydrogen-bond donors (Lipinski definition) is 0. The topological polar surface area (TPSA) is 53.8 Å². The molecule has 3 nitrogen and oxygen atoms in total. The van der Waals surface area contributed by atoms with Crippen LogP contribution >= 0.6 is 23.1 Å². The molecule has 0 fully saturated rings.